The van der Waals surface area contributed by atoms with Crippen LogP contribution in [-0.2, 0) is 9.47 Å². The first-order valence-electron chi connectivity index (χ1n) is 7.10. The normalized spacial score (nSPS) is 28.6. The van der Waals surface area contributed by atoms with E-state index in [0.717, 1.165) is 32.2 Å². The summed E-state index contributed by atoms with van der Waals surface area (Å²) < 4.78 is 59.7. The van der Waals surface area contributed by atoms with Crippen LogP contribution < -0.4 is 0 Å². The van der Waals surface area contributed by atoms with Crippen LogP contribution in [-0.4, -0.2) is 62.3 Å². The number of hydrogen-bond acceptors (Lipinski definition) is 3. The molecule has 0 amide bonds. The molecule has 2 fully saturated rings. The fourth-order valence-electron chi connectivity index (χ4n) is 2.91. The van der Waals surface area contributed by atoms with Crippen LogP contribution in [0.1, 0.15) is 25.7 Å². The molecule has 1 saturated heterocycles. The molecule has 1 aliphatic carbocycles. The van der Waals surface area contributed by atoms with Crippen molar-refractivity contribution in [2.24, 2.45) is 0 Å². The number of ether oxygens (including phenoxy) is 2. The van der Waals surface area contributed by atoms with Crippen molar-refractivity contribution < 1.29 is 27.0 Å². The average Bonchev–Trinajstić information content (AvgIpc) is 2.43. The van der Waals surface area contributed by atoms with Gasteiger partial charge in [-0.25, -0.2) is 8.78 Å². The van der Waals surface area contributed by atoms with Gasteiger partial charge in [0.15, 0.2) is 0 Å². The van der Waals surface area contributed by atoms with Gasteiger partial charge in [0, 0.05) is 19.1 Å². The first-order chi connectivity index (χ1) is 9.50. The summed E-state index contributed by atoms with van der Waals surface area (Å²) in [4.78, 5) is 2.17. The van der Waals surface area contributed by atoms with E-state index < -0.39 is 19.0 Å². The van der Waals surface area contributed by atoms with Gasteiger partial charge in [0.2, 0.25) is 0 Å². The summed E-state index contributed by atoms with van der Waals surface area (Å²) in [6.07, 6.45) is 0.925. The maximum atomic E-state index is 12.7. The zero-order valence-corrected chi connectivity index (χ0v) is 11.4. The van der Waals surface area contributed by atoms with Gasteiger partial charge >= 0.3 is 12.3 Å². The molecule has 2 rings (SSSR count). The molecule has 0 N–H and O–H groups in total. The van der Waals surface area contributed by atoms with E-state index in [4.69, 9.17) is 9.47 Å². The molecule has 0 aromatic heterocycles. The van der Waals surface area contributed by atoms with Crippen LogP contribution in [0.3, 0.4) is 0 Å². The molecule has 118 valence electrons. The molecule has 0 spiro atoms. The zero-order valence-electron chi connectivity index (χ0n) is 11.4. The Kier molecular flexibility index (Phi) is 5.63. The highest BCUT2D eigenvalue weighted by Gasteiger charge is 2.41. The molecule has 0 aromatic rings. The van der Waals surface area contributed by atoms with Gasteiger partial charge in [-0.05, 0) is 12.8 Å². The SMILES string of the molecule is FC(F)C(F)(F)COCCN1CCO[C@H]2CCCC[C@@H]21. The molecular formula is C13H21F4NO2. The summed E-state index contributed by atoms with van der Waals surface area (Å²) in [5.74, 6) is -4.06. The molecule has 2 aliphatic rings. The van der Waals surface area contributed by atoms with E-state index in [1.165, 1.54) is 0 Å². The van der Waals surface area contributed by atoms with Gasteiger partial charge < -0.3 is 9.47 Å². The standard InChI is InChI=1S/C13H21F4NO2/c14-12(15)13(16,17)9-19-7-5-18-6-8-20-11-4-2-1-3-10(11)18/h10-12H,1-9H2/t10-,11-/m0/s1. The third-order valence-electron chi connectivity index (χ3n) is 3.98. The van der Waals surface area contributed by atoms with E-state index in [1.807, 2.05) is 0 Å². The Labute approximate surface area is 116 Å². The number of nitrogens with zero attached hydrogens (tertiary/aromatic N) is 1. The van der Waals surface area contributed by atoms with Crippen LogP contribution >= 0.6 is 0 Å². The summed E-state index contributed by atoms with van der Waals surface area (Å²) >= 11 is 0. The fourth-order valence-corrected chi connectivity index (χ4v) is 2.91. The second kappa shape index (κ2) is 7.04. The second-order valence-electron chi connectivity index (χ2n) is 5.41. The molecule has 3 nitrogen and oxygen atoms in total. The van der Waals surface area contributed by atoms with Gasteiger partial charge in [0.25, 0.3) is 0 Å². The highest BCUT2D eigenvalue weighted by Crippen LogP contribution is 2.28. The summed E-state index contributed by atoms with van der Waals surface area (Å²) in [5.41, 5.74) is 0. The van der Waals surface area contributed by atoms with Crippen LogP contribution in [0.15, 0.2) is 0 Å². The number of fused-ring (bicyclic) bond motifs is 1. The molecular weight excluding hydrogens is 278 g/mol. The molecule has 7 heteroatoms. The third-order valence-corrected chi connectivity index (χ3v) is 3.98. The van der Waals surface area contributed by atoms with Crippen LogP contribution in [0, 0.1) is 0 Å². The molecule has 1 saturated carbocycles. The van der Waals surface area contributed by atoms with Crippen molar-refractivity contribution in [3.8, 4) is 0 Å². The number of alkyl halides is 4. The largest absolute Gasteiger partial charge is 0.375 e. The van der Waals surface area contributed by atoms with Gasteiger partial charge in [-0.3, -0.25) is 4.90 Å². The van der Waals surface area contributed by atoms with Crippen molar-refractivity contribution >= 4 is 0 Å². The Morgan fingerprint density at radius 2 is 2.00 bits per heavy atom. The molecule has 2 atom stereocenters. The minimum absolute atomic E-state index is 0.0472. The Balaban J connectivity index is 1.70. The van der Waals surface area contributed by atoms with Crippen molar-refractivity contribution in [1.82, 2.24) is 4.90 Å². The highest BCUT2D eigenvalue weighted by atomic mass is 19.3. The topological polar surface area (TPSA) is 21.7 Å². The lowest BCUT2D eigenvalue weighted by Gasteiger charge is -2.43. The van der Waals surface area contributed by atoms with E-state index in [1.54, 1.807) is 0 Å². The molecule has 0 radical (unpaired) electrons. The van der Waals surface area contributed by atoms with E-state index in [0.29, 0.717) is 19.2 Å². The minimum Gasteiger partial charge on any atom is -0.375 e. The number of morpholine rings is 1. The van der Waals surface area contributed by atoms with E-state index in [2.05, 4.69) is 4.90 Å². The molecule has 1 heterocycles. The van der Waals surface area contributed by atoms with Crippen LogP contribution in [0.5, 0.6) is 0 Å². The number of rotatable bonds is 6. The summed E-state index contributed by atoms with van der Waals surface area (Å²) in [6, 6.07) is 0.316. The Morgan fingerprint density at radius 3 is 2.75 bits per heavy atom. The predicted molar refractivity (Wildman–Crippen MR) is 65.3 cm³/mol. The summed E-state index contributed by atoms with van der Waals surface area (Å²) in [7, 11) is 0. The predicted octanol–water partition coefficient (Wildman–Crippen LogP) is 2.55. The Morgan fingerprint density at radius 1 is 1.25 bits per heavy atom. The molecule has 1 aliphatic heterocycles. The molecule has 0 unspecified atom stereocenters. The Hall–Kier alpha value is -0.400. The van der Waals surface area contributed by atoms with Crippen molar-refractivity contribution in [2.45, 2.75) is 50.2 Å². The molecule has 0 aromatic carbocycles. The van der Waals surface area contributed by atoms with Crippen molar-refractivity contribution in [2.75, 3.05) is 32.9 Å². The summed E-state index contributed by atoms with van der Waals surface area (Å²) in [5, 5.41) is 0. The second-order valence-corrected chi connectivity index (χ2v) is 5.41. The van der Waals surface area contributed by atoms with Crippen molar-refractivity contribution in [3.63, 3.8) is 0 Å². The van der Waals surface area contributed by atoms with Crippen molar-refractivity contribution in [3.05, 3.63) is 0 Å². The maximum Gasteiger partial charge on any atom is 0.330 e. The van der Waals surface area contributed by atoms with Crippen LogP contribution in [0.25, 0.3) is 0 Å². The first-order valence-corrected chi connectivity index (χ1v) is 7.10. The van der Waals surface area contributed by atoms with Gasteiger partial charge in [-0.1, -0.05) is 12.8 Å². The van der Waals surface area contributed by atoms with Crippen LogP contribution in [0.4, 0.5) is 17.6 Å². The van der Waals surface area contributed by atoms with Crippen LogP contribution in [0.2, 0.25) is 0 Å². The van der Waals surface area contributed by atoms with Gasteiger partial charge in [0.05, 0.1) is 19.3 Å². The lowest BCUT2D eigenvalue weighted by Crippen LogP contribution is -2.53. The lowest BCUT2D eigenvalue weighted by molar-refractivity contribution is -0.168. The highest BCUT2D eigenvalue weighted by molar-refractivity contribution is 4.87. The number of hydrogen-bond donors (Lipinski definition) is 0. The fraction of sp³-hybridized carbons (Fsp3) is 1.00. The van der Waals surface area contributed by atoms with Crippen molar-refractivity contribution in [1.29, 1.82) is 0 Å². The van der Waals surface area contributed by atoms with E-state index in [9.17, 15) is 17.6 Å². The maximum absolute atomic E-state index is 12.7. The number of halogens is 4. The first kappa shape index (κ1) is 16.0. The van der Waals surface area contributed by atoms with Gasteiger partial charge in [0.1, 0.15) is 6.61 Å². The average molecular weight is 299 g/mol. The summed E-state index contributed by atoms with van der Waals surface area (Å²) in [6.45, 7) is 0.697. The smallest absolute Gasteiger partial charge is 0.330 e. The minimum atomic E-state index is -4.06. The quantitative estimate of drug-likeness (QED) is 0.556. The Bertz CT molecular complexity index is 302. The molecule has 0 bridgehead atoms. The van der Waals surface area contributed by atoms with Gasteiger partial charge in [-0.15, -0.1) is 0 Å². The monoisotopic (exact) mass is 299 g/mol. The van der Waals surface area contributed by atoms with E-state index >= 15 is 0 Å². The molecule has 20 heavy (non-hydrogen) atoms. The zero-order chi connectivity index (χ0) is 14.6. The lowest BCUT2D eigenvalue weighted by atomic mass is 9.90. The van der Waals surface area contributed by atoms with Gasteiger partial charge in [-0.2, -0.15) is 8.78 Å². The third kappa shape index (κ3) is 4.05. The van der Waals surface area contributed by atoms with E-state index in [-0.39, 0.29) is 12.7 Å².